The van der Waals surface area contributed by atoms with Crippen LogP contribution in [0.5, 0.6) is 0 Å². The first-order valence-electron chi connectivity index (χ1n) is 7.31. The van der Waals surface area contributed by atoms with E-state index in [1.54, 1.807) is 0 Å². The van der Waals surface area contributed by atoms with E-state index < -0.39 is 0 Å². The van der Waals surface area contributed by atoms with E-state index in [0.29, 0.717) is 0 Å². The second-order valence-corrected chi connectivity index (χ2v) is 7.09. The van der Waals surface area contributed by atoms with Crippen molar-refractivity contribution in [3.8, 4) is 0 Å². The number of rotatable bonds is 1. The Balaban J connectivity index is 1.77. The lowest BCUT2D eigenvalue weighted by Crippen LogP contribution is -2.52. The number of nitrogens with one attached hydrogen (secondary N) is 1. The van der Waals surface area contributed by atoms with E-state index in [-0.39, 0.29) is 11.7 Å². The highest BCUT2D eigenvalue weighted by Gasteiger charge is 2.40. The van der Waals surface area contributed by atoms with Crippen LogP contribution in [-0.2, 0) is 4.74 Å². The van der Waals surface area contributed by atoms with Crippen LogP contribution < -0.4 is 5.32 Å². The third-order valence-electron chi connectivity index (χ3n) is 4.44. The zero-order valence-corrected chi connectivity index (χ0v) is 13.1. The summed E-state index contributed by atoms with van der Waals surface area (Å²) in [4.78, 5) is 0. The Morgan fingerprint density at radius 1 is 1.42 bits per heavy atom. The first kappa shape index (κ1) is 13.6. The van der Waals surface area contributed by atoms with E-state index in [1.165, 1.54) is 31.2 Å². The molecule has 1 aromatic rings. The molecule has 3 unspecified atom stereocenters. The van der Waals surface area contributed by atoms with Crippen LogP contribution in [0.3, 0.4) is 0 Å². The zero-order chi connectivity index (χ0) is 13.3. The predicted octanol–water partition coefficient (Wildman–Crippen LogP) is 4.06. The van der Waals surface area contributed by atoms with Gasteiger partial charge in [-0.05, 0) is 36.5 Å². The number of halogens is 1. The van der Waals surface area contributed by atoms with Crippen LogP contribution in [0.4, 0.5) is 0 Å². The maximum absolute atomic E-state index is 6.54. The van der Waals surface area contributed by atoms with Gasteiger partial charge in [0.1, 0.15) is 0 Å². The minimum atomic E-state index is 0.0723. The highest BCUT2D eigenvalue weighted by molar-refractivity contribution is 9.10. The molecule has 0 bridgehead atoms. The Hall–Kier alpha value is -0.380. The molecule has 1 aliphatic heterocycles. The van der Waals surface area contributed by atoms with Gasteiger partial charge >= 0.3 is 0 Å². The number of morpholine rings is 1. The first-order valence-corrected chi connectivity index (χ1v) is 8.10. The van der Waals surface area contributed by atoms with Crippen LogP contribution in [0.2, 0.25) is 0 Å². The van der Waals surface area contributed by atoms with Crippen LogP contribution in [0.15, 0.2) is 28.7 Å². The fourth-order valence-electron chi connectivity index (χ4n) is 3.59. The number of hydrogen-bond acceptors (Lipinski definition) is 2. The quantitative estimate of drug-likeness (QED) is 0.841. The van der Waals surface area contributed by atoms with Crippen molar-refractivity contribution in [3.63, 3.8) is 0 Å². The monoisotopic (exact) mass is 323 g/mol. The summed E-state index contributed by atoms with van der Waals surface area (Å²) >= 11 is 3.55. The molecule has 19 heavy (non-hydrogen) atoms. The summed E-state index contributed by atoms with van der Waals surface area (Å²) in [5, 5.41) is 3.59. The molecule has 2 nitrogen and oxygen atoms in total. The van der Waals surface area contributed by atoms with Crippen molar-refractivity contribution in [3.05, 3.63) is 34.3 Å². The van der Waals surface area contributed by atoms with Crippen molar-refractivity contribution in [1.29, 1.82) is 0 Å². The van der Waals surface area contributed by atoms with Crippen molar-refractivity contribution in [2.45, 2.75) is 44.3 Å². The van der Waals surface area contributed by atoms with E-state index >= 15 is 0 Å². The van der Waals surface area contributed by atoms with Gasteiger partial charge in [0.25, 0.3) is 0 Å². The molecule has 1 saturated carbocycles. The molecule has 1 N–H and O–H groups in total. The van der Waals surface area contributed by atoms with Crippen molar-refractivity contribution in [1.82, 2.24) is 5.32 Å². The highest BCUT2D eigenvalue weighted by atomic mass is 79.9. The van der Waals surface area contributed by atoms with Gasteiger partial charge in [-0.3, -0.25) is 0 Å². The van der Waals surface area contributed by atoms with Crippen LogP contribution in [0, 0.1) is 5.92 Å². The van der Waals surface area contributed by atoms with E-state index in [9.17, 15) is 0 Å². The summed E-state index contributed by atoms with van der Waals surface area (Å²) in [6, 6.07) is 8.51. The standard InChI is InChI=1S/C16H22BrNO/c1-12-4-3-7-16(9-12)11-18-10-15(19-16)13-5-2-6-14(17)8-13/h2,5-6,8,12,15,18H,3-4,7,9-11H2,1H3. The second-order valence-electron chi connectivity index (χ2n) is 6.18. The minimum absolute atomic E-state index is 0.0723. The summed E-state index contributed by atoms with van der Waals surface area (Å²) in [6.45, 7) is 4.29. The summed E-state index contributed by atoms with van der Waals surface area (Å²) in [5.41, 5.74) is 1.35. The SMILES string of the molecule is CC1CCCC2(CNCC(c3cccc(Br)c3)O2)C1. The number of ether oxygens (including phenoxy) is 1. The lowest BCUT2D eigenvalue weighted by molar-refractivity contribution is -0.143. The fraction of sp³-hybridized carbons (Fsp3) is 0.625. The number of benzene rings is 1. The van der Waals surface area contributed by atoms with Gasteiger partial charge in [0.05, 0.1) is 11.7 Å². The van der Waals surface area contributed by atoms with Gasteiger partial charge in [0.15, 0.2) is 0 Å². The smallest absolute Gasteiger partial charge is 0.0957 e. The van der Waals surface area contributed by atoms with E-state index in [1.807, 2.05) is 0 Å². The van der Waals surface area contributed by atoms with Crippen LogP contribution in [-0.4, -0.2) is 18.7 Å². The van der Waals surface area contributed by atoms with Gasteiger partial charge in [0, 0.05) is 17.6 Å². The maximum Gasteiger partial charge on any atom is 0.0957 e. The van der Waals surface area contributed by atoms with Crippen molar-refractivity contribution in [2.75, 3.05) is 13.1 Å². The van der Waals surface area contributed by atoms with Gasteiger partial charge in [-0.25, -0.2) is 0 Å². The van der Waals surface area contributed by atoms with Gasteiger partial charge in [0.2, 0.25) is 0 Å². The Kier molecular flexibility index (Phi) is 3.97. The van der Waals surface area contributed by atoms with Gasteiger partial charge < -0.3 is 10.1 Å². The minimum Gasteiger partial charge on any atom is -0.364 e. The molecule has 0 amide bonds. The van der Waals surface area contributed by atoms with Crippen LogP contribution in [0.1, 0.15) is 44.3 Å². The van der Waals surface area contributed by atoms with Crippen LogP contribution >= 0.6 is 15.9 Å². The summed E-state index contributed by atoms with van der Waals surface area (Å²) in [7, 11) is 0. The molecule has 1 heterocycles. The van der Waals surface area contributed by atoms with Gasteiger partial charge in [-0.1, -0.05) is 47.8 Å². The van der Waals surface area contributed by atoms with Crippen molar-refractivity contribution in [2.24, 2.45) is 5.92 Å². The molecular formula is C16H22BrNO. The molecular weight excluding hydrogens is 302 g/mol. The molecule has 0 aromatic heterocycles. The Morgan fingerprint density at radius 2 is 2.32 bits per heavy atom. The number of hydrogen-bond donors (Lipinski definition) is 1. The molecule has 1 saturated heterocycles. The largest absolute Gasteiger partial charge is 0.364 e. The molecule has 2 fully saturated rings. The van der Waals surface area contributed by atoms with E-state index in [0.717, 1.165) is 23.5 Å². The fourth-order valence-corrected chi connectivity index (χ4v) is 4.01. The molecule has 104 valence electrons. The molecule has 1 aromatic carbocycles. The summed E-state index contributed by atoms with van der Waals surface area (Å²) < 4.78 is 7.67. The third-order valence-corrected chi connectivity index (χ3v) is 4.93. The normalized spacial score (nSPS) is 35.5. The Morgan fingerprint density at radius 3 is 3.11 bits per heavy atom. The van der Waals surface area contributed by atoms with E-state index in [4.69, 9.17) is 4.74 Å². The molecule has 1 spiro atoms. The zero-order valence-electron chi connectivity index (χ0n) is 11.5. The molecule has 3 rings (SSSR count). The average Bonchev–Trinajstić information content (AvgIpc) is 2.38. The Labute approximate surface area is 124 Å². The highest BCUT2D eigenvalue weighted by Crippen LogP contribution is 2.40. The van der Waals surface area contributed by atoms with Gasteiger partial charge in [-0.15, -0.1) is 0 Å². The molecule has 0 radical (unpaired) electrons. The van der Waals surface area contributed by atoms with Gasteiger partial charge in [-0.2, -0.15) is 0 Å². The lowest BCUT2D eigenvalue weighted by Gasteiger charge is -2.46. The first-order chi connectivity index (χ1) is 9.17. The third kappa shape index (κ3) is 3.04. The molecule has 3 heteroatoms. The maximum atomic E-state index is 6.54. The topological polar surface area (TPSA) is 21.3 Å². The summed E-state index contributed by atoms with van der Waals surface area (Å²) in [6.07, 6.45) is 5.25. The molecule has 2 aliphatic rings. The lowest BCUT2D eigenvalue weighted by atomic mass is 9.77. The van der Waals surface area contributed by atoms with Crippen LogP contribution in [0.25, 0.3) is 0 Å². The predicted molar refractivity (Wildman–Crippen MR) is 81.2 cm³/mol. The van der Waals surface area contributed by atoms with Crippen molar-refractivity contribution < 1.29 is 4.74 Å². The molecule has 3 atom stereocenters. The van der Waals surface area contributed by atoms with E-state index in [2.05, 4.69) is 52.4 Å². The summed E-state index contributed by atoms with van der Waals surface area (Å²) in [5.74, 6) is 0.789. The Bertz CT molecular complexity index is 446. The molecule has 1 aliphatic carbocycles. The van der Waals surface area contributed by atoms with Crippen molar-refractivity contribution >= 4 is 15.9 Å². The average molecular weight is 324 g/mol. The second kappa shape index (κ2) is 5.55.